The van der Waals surface area contributed by atoms with E-state index in [0.717, 1.165) is 6.42 Å². The summed E-state index contributed by atoms with van der Waals surface area (Å²) in [4.78, 5) is 24.7. The summed E-state index contributed by atoms with van der Waals surface area (Å²) >= 11 is 0. The number of imide groups is 1. The van der Waals surface area contributed by atoms with Crippen LogP contribution in [0.4, 0.5) is 0 Å². The van der Waals surface area contributed by atoms with E-state index >= 15 is 0 Å². The summed E-state index contributed by atoms with van der Waals surface area (Å²) in [6, 6.07) is 4.24. The third-order valence-electron chi connectivity index (χ3n) is 2.40. The van der Waals surface area contributed by atoms with Crippen LogP contribution in [0.25, 0.3) is 0 Å². The Hall–Kier alpha value is -1.84. The minimum absolute atomic E-state index is 0.00764. The van der Waals surface area contributed by atoms with Crippen molar-refractivity contribution in [2.75, 3.05) is 6.54 Å². The van der Waals surface area contributed by atoms with E-state index < -0.39 is 0 Å². The lowest BCUT2D eigenvalue weighted by Crippen LogP contribution is -2.30. The van der Waals surface area contributed by atoms with Gasteiger partial charge in [0.05, 0.1) is 11.1 Å². The van der Waals surface area contributed by atoms with Gasteiger partial charge in [-0.3, -0.25) is 14.5 Å². The first-order chi connectivity index (χ1) is 7.15. The van der Waals surface area contributed by atoms with Crippen LogP contribution >= 0.6 is 0 Å². The molecular formula is C11H11NO3. The Morgan fingerprint density at radius 1 is 1.20 bits per heavy atom. The number of benzene rings is 1. The van der Waals surface area contributed by atoms with E-state index in [9.17, 15) is 14.7 Å². The Kier molecular flexibility index (Phi) is 2.19. The maximum atomic E-state index is 11.7. The first-order valence-corrected chi connectivity index (χ1v) is 4.84. The molecule has 15 heavy (non-hydrogen) atoms. The summed E-state index contributed by atoms with van der Waals surface area (Å²) in [5.41, 5.74) is 0.680. The van der Waals surface area contributed by atoms with E-state index in [2.05, 4.69) is 0 Å². The van der Waals surface area contributed by atoms with Crippen molar-refractivity contribution in [1.29, 1.82) is 0 Å². The van der Waals surface area contributed by atoms with Crippen molar-refractivity contribution in [3.8, 4) is 5.75 Å². The van der Waals surface area contributed by atoms with Crippen LogP contribution in [0.1, 0.15) is 34.1 Å². The Morgan fingerprint density at radius 3 is 2.53 bits per heavy atom. The quantitative estimate of drug-likeness (QED) is 0.742. The number of phenols is 1. The van der Waals surface area contributed by atoms with Gasteiger partial charge < -0.3 is 5.11 Å². The lowest BCUT2D eigenvalue weighted by atomic mass is 10.1. The third-order valence-corrected chi connectivity index (χ3v) is 2.40. The maximum absolute atomic E-state index is 11.7. The molecule has 1 aliphatic heterocycles. The highest BCUT2D eigenvalue weighted by Gasteiger charge is 2.34. The molecule has 0 fully saturated rings. The summed E-state index contributed by atoms with van der Waals surface area (Å²) in [6.07, 6.45) is 0.734. The highest BCUT2D eigenvalue weighted by molar-refractivity contribution is 6.21. The molecule has 2 amide bonds. The zero-order valence-electron chi connectivity index (χ0n) is 8.36. The van der Waals surface area contributed by atoms with Gasteiger partial charge in [0.2, 0.25) is 0 Å². The number of amides is 2. The van der Waals surface area contributed by atoms with Crippen LogP contribution in [0.5, 0.6) is 5.75 Å². The molecule has 2 rings (SSSR count). The predicted molar refractivity (Wildman–Crippen MR) is 53.8 cm³/mol. The van der Waals surface area contributed by atoms with Crippen molar-refractivity contribution in [2.45, 2.75) is 13.3 Å². The fourth-order valence-electron chi connectivity index (χ4n) is 1.71. The van der Waals surface area contributed by atoms with Crippen LogP contribution in [0.3, 0.4) is 0 Å². The Morgan fingerprint density at radius 2 is 1.87 bits per heavy atom. The second-order valence-corrected chi connectivity index (χ2v) is 3.49. The number of aromatic hydroxyl groups is 1. The van der Waals surface area contributed by atoms with Crippen molar-refractivity contribution in [3.05, 3.63) is 29.3 Å². The number of hydrogen-bond acceptors (Lipinski definition) is 3. The highest BCUT2D eigenvalue weighted by Crippen LogP contribution is 2.26. The van der Waals surface area contributed by atoms with E-state index in [-0.39, 0.29) is 17.6 Å². The number of carbonyl (C=O) groups excluding carboxylic acids is 2. The Bertz CT molecular complexity index is 439. The molecule has 1 aromatic carbocycles. The minimum Gasteiger partial charge on any atom is -0.508 e. The summed E-state index contributed by atoms with van der Waals surface area (Å²) in [5, 5.41) is 9.23. The minimum atomic E-state index is -0.312. The summed E-state index contributed by atoms with van der Waals surface area (Å²) in [6.45, 7) is 2.33. The van der Waals surface area contributed by atoms with Gasteiger partial charge in [0.15, 0.2) is 0 Å². The second-order valence-electron chi connectivity index (χ2n) is 3.49. The molecule has 0 unspecified atom stereocenters. The van der Waals surface area contributed by atoms with Crippen molar-refractivity contribution >= 4 is 11.8 Å². The molecule has 1 heterocycles. The summed E-state index contributed by atoms with van der Waals surface area (Å²) in [5.74, 6) is -0.571. The topological polar surface area (TPSA) is 57.6 Å². The van der Waals surface area contributed by atoms with E-state index in [4.69, 9.17) is 0 Å². The van der Waals surface area contributed by atoms with Gasteiger partial charge in [-0.1, -0.05) is 6.92 Å². The van der Waals surface area contributed by atoms with Gasteiger partial charge in [-0.25, -0.2) is 0 Å². The molecule has 1 aromatic rings. The largest absolute Gasteiger partial charge is 0.508 e. The molecule has 0 aromatic heterocycles. The van der Waals surface area contributed by atoms with Gasteiger partial charge in [0.25, 0.3) is 11.8 Å². The number of phenolic OH excluding ortho intramolecular Hbond substituents is 1. The molecule has 0 saturated heterocycles. The maximum Gasteiger partial charge on any atom is 0.261 e. The molecule has 78 valence electrons. The lowest BCUT2D eigenvalue weighted by molar-refractivity contribution is 0.0654. The van der Waals surface area contributed by atoms with E-state index in [1.165, 1.54) is 23.1 Å². The fourth-order valence-corrected chi connectivity index (χ4v) is 1.71. The van der Waals surface area contributed by atoms with E-state index in [1.807, 2.05) is 6.92 Å². The van der Waals surface area contributed by atoms with Crippen LogP contribution in [-0.4, -0.2) is 28.4 Å². The van der Waals surface area contributed by atoms with Crippen molar-refractivity contribution in [2.24, 2.45) is 0 Å². The zero-order valence-corrected chi connectivity index (χ0v) is 8.36. The molecular weight excluding hydrogens is 194 g/mol. The number of fused-ring (bicyclic) bond motifs is 1. The number of rotatable bonds is 2. The van der Waals surface area contributed by atoms with Gasteiger partial charge in [-0.05, 0) is 24.6 Å². The van der Waals surface area contributed by atoms with Crippen LogP contribution in [0.2, 0.25) is 0 Å². The van der Waals surface area contributed by atoms with Crippen LogP contribution in [0, 0.1) is 0 Å². The molecule has 1 N–H and O–H groups in total. The third kappa shape index (κ3) is 1.38. The van der Waals surface area contributed by atoms with Crippen molar-refractivity contribution in [3.63, 3.8) is 0 Å². The normalized spacial score (nSPS) is 14.6. The highest BCUT2D eigenvalue weighted by atomic mass is 16.3. The smallest absolute Gasteiger partial charge is 0.261 e. The predicted octanol–water partition coefficient (Wildman–Crippen LogP) is 1.40. The number of nitrogens with zero attached hydrogens (tertiary/aromatic N) is 1. The SMILES string of the molecule is CCCN1C(=O)c2ccc(O)cc2C1=O. The Labute approximate surface area is 87.1 Å². The molecule has 0 bridgehead atoms. The lowest BCUT2D eigenvalue weighted by Gasteiger charge is -2.11. The van der Waals surface area contributed by atoms with Gasteiger partial charge in [0, 0.05) is 6.54 Å². The summed E-state index contributed by atoms with van der Waals surface area (Å²) < 4.78 is 0. The molecule has 0 spiro atoms. The van der Waals surface area contributed by atoms with Crippen LogP contribution in [0.15, 0.2) is 18.2 Å². The average Bonchev–Trinajstić information content (AvgIpc) is 2.44. The number of carbonyl (C=O) groups is 2. The van der Waals surface area contributed by atoms with Gasteiger partial charge in [-0.2, -0.15) is 0 Å². The molecule has 0 atom stereocenters. The molecule has 0 saturated carbocycles. The fraction of sp³-hybridized carbons (Fsp3) is 0.273. The monoisotopic (exact) mass is 205 g/mol. The van der Waals surface area contributed by atoms with E-state index in [0.29, 0.717) is 17.7 Å². The zero-order chi connectivity index (χ0) is 11.0. The van der Waals surface area contributed by atoms with Gasteiger partial charge in [0.1, 0.15) is 5.75 Å². The first kappa shape index (κ1) is 9.71. The van der Waals surface area contributed by atoms with Crippen molar-refractivity contribution < 1.29 is 14.7 Å². The van der Waals surface area contributed by atoms with Crippen LogP contribution in [-0.2, 0) is 0 Å². The Balaban J connectivity index is 2.46. The van der Waals surface area contributed by atoms with Crippen LogP contribution < -0.4 is 0 Å². The van der Waals surface area contributed by atoms with Gasteiger partial charge in [-0.15, -0.1) is 0 Å². The second kappa shape index (κ2) is 3.38. The molecule has 1 aliphatic rings. The van der Waals surface area contributed by atoms with Gasteiger partial charge >= 0.3 is 0 Å². The molecule has 0 aliphatic carbocycles. The molecule has 0 radical (unpaired) electrons. The van der Waals surface area contributed by atoms with E-state index in [1.54, 1.807) is 0 Å². The number of hydrogen-bond donors (Lipinski definition) is 1. The standard InChI is InChI=1S/C11H11NO3/c1-2-5-12-10(14)8-4-3-7(13)6-9(8)11(12)15/h3-4,6,13H,2,5H2,1H3. The average molecular weight is 205 g/mol. The summed E-state index contributed by atoms with van der Waals surface area (Å²) in [7, 11) is 0. The molecule has 4 heteroatoms. The molecule has 4 nitrogen and oxygen atoms in total. The van der Waals surface area contributed by atoms with Crippen molar-refractivity contribution in [1.82, 2.24) is 4.90 Å². The first-order valence-electron chi connectivity index (χ1n) is 4.84.